The van der Waals surface area contributed by atoms with E-state index in [1.807, 2.05) is 24.3 Å². The Morgan fingerprint density at radius 1 is 1.10 bits per heavy atom. The number of pyridine rings is 1. The average Bonchev–Trinajstić information content (AvgIpc) is 3.34. The number of fused-ring (bicyclic) bond motifs is 2. The van der Waals surface area contributed by atoms with Crippen molar-refractivity contribution < 1.29 is 25.2 Å². The van der Waals surface area contributed by atoms with Gasteiger partial charge in [0.05, 0.1) is 23.4 Å². The molecule has 4 fully saturated rings. The minimum absolute atomic E-state index is 0.100. The third kappa shape index (κ3) is 2.90. The first-order chi connectivity index (χ1) is 18.6. The normalized spacial score (nSPS) is 47.2. The summed E-state index contributed by atoms with van der Waals surface area (Å²) in [4.78, 5) is 6.43. The Bertz CT molecular complexity index is 1440. The van der Waals surface area contributed by atoms with Gasteiger partial charge in [0.25, 0.3) is 0 Å². The van der Waals surface area contributed by atoms with E-state index in [1.165, 1.54) is 0 Å². The van der Waals surface area contributed by atoms with Crippen molar-refractivity contribution in [3.8, 4) is 0 Å². The predicted molar refractivity (Wildman–Crippen MR) is 144 cm³/mol. The topological polar surface area (TPSA) is 132 Å². The molecule has 4 heterocycles. The molecule has 8 heteroatoms. The van der Waals surface area contributed by atoms with Crippen LogP contribution in [0.2, 0.25) is 0 Å². The Morgan fingerprint density at radius 3 is 2.72 bits per heavy atom. The summed E-state index contributed by atoms with van der Waals surface area (Å²) in [5, 5.41) is 48.5. The molecule has 8 nitrogen and oxygen atoms in total. The number of aliphatic hydroxyl groups is 4. The summed E-state index contributed by atoms with van der Waals surface area (Å²) in [5.41, 5.74) is 5.10. The molecule has 2 saturated carbocycles. The molecule has 6 aliphatic rings. The average molecular weight is 532 g/mol. The number of hydrogen-bond donors (Lipinski definition) is 5. The van der Waals surface area contributed by atoms with Gasteiger partial charge in [-0.1, -0.05) is 31.2 Å². The summed E-state index contributed by atoms with van der Waals surface area (Å²) in [6.45, 7) is 3.52. The molecule has 2 spiro atoms. The van der Waals surface area contributed by atoms with Crippen LogP contribution in [0.25, 0.3) is 10.8 Å². The Kier molecular flexibility index (Phi) is 4.90. The van der Waals surface area contributed by atoms with E-state index < -0.39 is 40.5 Å². The van der Waals surface area contributed by atoms with E-state index in [0.717, 1.165) is 34.8 Å². The number of aliphatic hydroxyl groups excluding tert-OH is 3. The van der Waals surface area contributed by atoms with E-state index in [-0.39, 0.29) is 18.0 Å². The van der Waals surface area contributed by atoms with E-state index in [0.29, 0.717) is 37.9 Å². The Labute approximate surface area is 227 Å². The maximum absolute atomic E-state index is 12.5. The van der Waals surface area contributed by atoms with Crippen LogP contribution >= 0.6 is 0 Å². The second-order valence-corrected chi connectivity index (χ2v) is 13.3. The van der Waals surface area contributed by atoms with Crippen LogP contribution in [0.15, 0.2) is 60.0 Å². The van der Waals surface area contributed by atoms with E-state index >= 15 is 0 Å². The molecular formula is C31H37N3O5. The number of nitrogens with two attached hydrogens (primary N) is 1. The number of aromatic nitrogens is 1. The van der Waals surface area contributed by atoms with Crippen molar-refractivity contribution >= 4 is 10.8 Å². The first kappa shape index (κ1) is 24.6. The second-order valence-electron chi connectivity index (χ2n) is 13.3. The van der Waals surface area contributed by atoms with Gasteiger partial charge in [0.1, 0.15) is 11.7 Å². The van der Waals surface area contributed by atoms with Crippen LogP contribution in [0.5, 0.6) is 0 Å². The second kappa shape index (κ2) is 7.76. The van der Waals surface area contributed by atoms with Gasteiger partial charge in [-0.2, -0.15) is 0 Å². The van der Waals surface area contributed by atoms with Crippen LogP contribution in [0.3, 0.4) is 0 Å². The van der Waals surface area contributed by atoms with Gasteiger partial charge in [0.2, 0.25) is 0 Å². The number of allylic oxidation sites excluding steroid dienone is 1. The quantitative estimate of drug-likeness (QED) is 0.394. The van der Waals surface area contributed by atoms with Crippen molar-refractivity contribution in [2.24, 2.45) is 17.1 Å². The zero-order valence-electron chi connectivity index (χ0n) is 22.2. The van der Waals surface area contributed by atoms with Crippen LogP contribution < -0.4 is 5.73 Å². The van der Waals surface area contributed by atoms with Crippen LogP contribution in [0.4, 0.5) is 0 Å². The fourth-order valence-corrected chi connectivity index (χ4v) is 9.45. The highest BCUT2D eigenvalue weighted by molar-refractivity contribution is 5.82. The molecule has 39 heavy (non-hydrogen) atoms. The van der Waals surface area contributed by atoms with E-state index in [4.69, 9.17) is 10.5 Å². The number of hydrogen-bond acceptors (Lipinski definition) is 8. The lowest BCUT2D eigenvalue weighted by atomic mass is 9.56. The summed E-state index contributed by atoms with van der Waals surface area (Å²) in [6.07, 6.45) is 8.01. The Morgan fingerprint density at radius 2 is 1.92 bits per heavy atom. The highest BCUT2D eigenvalue weighted by Gasteiger charge is 2.73. The Hall–Kier alpha value is -2.17. The zero-order chi connectivity index (χ0) is 26.9. The van der Waals surface area contributed by atoms with Crippen molar-refractivity contribution in [1.82, 2.24) is 9.88 Å². The van der Waals surface area contributed by atoms with E-state index in [2.05, 4.69) is 29.0 Å². The Balaban J connectivity index is 1.21. The van der Waals surface area contributed by atoms with Crippen molar-refractivity contribution in [2.75, 3.05) is 13.1 Å². The molecule has 2 aromatic rings. The molecule has 0 amide bonds. The van der Waals surface area contributed by atoms with Gasteiger partial charge in [-0.25, -0.2) is 0 Å². The van der Waals surface area contributed by atoms with Crippen LogP contribution in [0.1, 0.15) is 44.6 Å². The molecule has 2 bridgehead atoms. The smallest absolute Gasteiger partial charge is 0.121 e. The number of rotatable bonds is 2. The first-order valence-electron chi connectivity index (χ1n) is 14.3. The lowest BCUT2D eigenvalue weighted by Gasteiger charge is -2.58. The van der Waals surface area contributed by atoms with Gasteiger partial charge in [0.15, 0.2) is 0 Å². The monoisotopic (exact) mass is 531 g/mol. The van der Waals surface area contributed by atoms with Crippen molar-refractivity contribution in [3.63, 3.8) is 0 Å². The molecule has 6 N–H and O–H groups in total. The molecule has 9 atom stereocenters. The van der Waals surface area contributed by atoms with Crippen LogP contribution in [-0.4, -0.2) is 85.0 Å². The molecule has 8 rings (SSSR count). The third-order valence-electron chi connectivity index (χ3n) is 11.6. The van der Waals surface area contributed by atoms with Crippen molar-refractivity contribution in [1.29, 1.82) is 0 Å². The zero-order valence-corrected chi connectivity index (χ0v) is 22.2. The highest BCUT2D eigenvalue weighted by atomic mass is 16.5. The first-order valence-corrected chi connectivity index (χ1v) is 14.3. The van der Waals surface area contributed by atoms with Gasteiger partial charge in [0, 0.05) is 54.3 Å². The lowest BCUT2D eigenvalue weighted by Crippen LogP contribution is -2.68. The predicted octanol–water partition coefficient (Wildman–Crippen LogP) is 1.50. The molecule has 2 unspecified atom stereocenters. The van der Waals surface area contributed by atoms with Crippen molar-refractivity contribution in [2.45, 2.75) is 86.2 Å². The minimum Gasteiger partial charge on any atom is -0.390 e. The van der Waals surface area contributed by atoms with Gasteiger partial charge >= 0.3 is 0 Å². The number of ether oxygens (including phenoxy) is 1. The van der Waals surface area contributed by atoms with Gasteiger partial charge in [-0.15, -0.1) is 0 Å². The third-order valence-corrected chi connectivity index (χ3v) is 11.6. The molecule has 1 aromatic heterocycles. The number of nitrogens with zero attached hydrogens (tertiary/aromatic N) is 2. The minimum atomic E-state index is -1.46. The van der Waals surface area contributed by atoms with Crippen molar-refractivity contribution in [3.05, 3.63) is 65.5 Å². The summed E-state index contributed by atoms with van der Waals surface area (Å²) >= 11 is 0. The maximum Gasteiger partial charge on any atom is 0.121 e. The molecule has 1 aromatic carbocycles. The molecule has 3 aliphatic carbocycles. The van der Waals surface area contributed by atoms with Gasteiger partial charge in [-0.3, -0.25) is 9.88 Å². The number of benzene rings is 1. The largest absolute Gasteiger partial charge is 0.390 e. The molecule has 2 saturated heterocycles. The summed E-state index contributed by atoms with van der Waals surface area (Å²) in [5.74, 6) is -0.119. The van der Waals surface area contributed by atoms with Gasteiger partial charge < -0.3 is 30.9 Å². The lowest BCUT2D eigenvalue weighted by molar-refractivity contribution is -0.190. The van der Waals surface area contributed by atoms with Crippen LogP contribution in [-0.2, 0) is 10.3 Å². The van der Waals surface area contributed by atoms with E-state index in [9.17, 15) is 20.4 Å². The summed E-state index contributed by atoms with van der Waals surface area (Å²) < 4.78 is 7.20. The maximum atomic E-state index is 12.5. The molecule has 0 radical (unpaired) electrons. The highest BCUT2D eigenvalue weighted by Crippen LogP contribution is 2.70. The van der Waals surface area contributed by atoms with E-state index in [1.54, 1.807) is 12.4 Å². The fourth-order valence-electron chi connectivity index (χ4n) is 9.45. The SMILES string of the molecule is C[C@]12CC=C3C=C4C(O)[C@H](O)[C@@H](N5CC(N)C5)C[C@]45CCC3(O5)[C@@H]1C[C@@H](O)[C@]2(O)c1ccc2ccncc2c1. The molecule has 206 valence electrons. The van der Waals surface area contributed by atoms with Crippen LogP contribution in [0, 0.1) is 11.3 Å². The fraction of sp³-hybridized carbons (Fsp3) is 0.581. The van der Waals surface area contributed by atoms with Gasteiger partial charge in [-0.05, 0) is 66.3 Å². The molecular weight excluding hydrogens is 494 g/mol. The standard InChI is InChI=1S/C31H37N3O5/c1-28-6-4-19-11-22-26(36)27(37)23(34-15-21(32)16-34)13-29(22)7-8-30(19,39-29)24(28)12-25(35)31(28,38)20-3-2-17-5-9-33-14-18(17)10-20/h2-5,9-11,14,21,23-27,35-38H,6-8,12-13,15-16,32H2,1H3/t23-,24+,25+,26?,27+,28-,29+,30?,31+/m0/s1. The number of likely N-dealkylation sites (tertiary alicyclic amines) is 1. The summed E-state index contributed by atoms with van der Waals surface area (Å²) in [7, 11) is 0. The summed E-state index contributed by atoms with van der Waals surface area (Å²) in [6, 6.07) is 7.72. The molecule has 3 aliphatic heterocycles.